The summed E-state index contributed by atoms with van der Waals surface area (Å²) in [5.74, 6) is -0.866. The van der Waals surface area contributed by atoms with Crippen LogP contribution in [-0.4, -0.2) is 18.4 Å². The van der Waals surface area contributed by atoms with Gasteiger partial charge in [0, 0.05) is 0 Å². The van der Waals surface area contributed by atoms with Gasteiger partial charge in [-0.25, -0.2) is 0 Å². The van der Waals surface area contributed by atoms with Crippen LogP contribution in [0.4, 0.5) is 0 Å². The van der Waals surface area contributed by atoms with E-state index in [0.29, 0.717) is 0 Å². The summed E-state index contributed by atoms with van der Waals surface area (Å²) >= 11 is 0. The molecule has 0 unspecified atom stereocenters. The number of ether oxygens (including phenoxy) is 1. The van der Waals surface area contributed by atoms with Crippen LogP contribution in [0.5, 0.6) is 0 Å². The number of benzene rings is 1. The summed E-state index contributed by atoms with van der Waals surface area (Å²) in [4.78, 5) is 21.9. The van der Waals surface area contributed by atoms with E-state index in [0.717, 1.165) is 11.6 Å². The molecule has 0 atom stereocenters. The first-order valence-electron chi connectivity index (χ1n) is 5.25. The van der Waals surface area contributed by atoms with Gasteiger partial charge in [0.1, 0.15) is 13.0 Å². The number of esters is 1. The fraction of sp³-hybridized carbons (Fsp3) is 0.143. The van der Waals surface area contributed by atoms with Gasteiger partial charge in [0.2, 0.25) is 0 Å². The fourth-order valence-electron chi connectivity index (χ4n) is 1.15. The molecule has 1 aromatic rings. The Balaban J connectivity index is 2.28. The monoisotopic (exact) mass is 230 g/mol. The van der Waals surface area contributed by atoms with Crippen molar-refractivity contribution in [2.24, 2.45) is 0 Å². The van der Waals surface area contributed by atoms with Gasteiger partial charge in [0.25, 0.3) is 0 Å². The molecule has 88 valence electrons. The van der Waals surface area contributed by atoms with E-state index in [1.807, 2.05) is 36.4 Å². The molecule has 0 aliphatic heterocycles. The largest absolute Gasteiger partial charge is 0.461 e. The number of carbonyl (C=O) groups excluding carboxylic acids is 2. The summed E-state index contributed by atoms with van der Waals surface area (Å²) in [6.45, 7) is 3.44. The van der Waals surface area contributed by atoms with Gasteiger partial charge >= 0.3 is 5.97 Å². The third-order valence-electron chi connectivity index (χ3n) is 2.00. The van der Waals surface area contributed by atoms with Crippen molar-refractivity contribution in [1.29, 1.82) is 0 Å². The summed E-state index contributed by atoms with van der Waals surface area (Å²) in [6, 6.07) is 9.67. The highest BCUT2D eigenvalue weighted by atomic mass is 16.5. The van der Waals surface area contributed by atoms with Crippen LogP contribution < -0.4 is 0 Å². The van der Waals surface area contributed by atoms with Gasteiger partial charge in [-0.3, -0.25) is 9.59 Å². The molecule has 1 aromatic carbocycles. The first-order valence-corrected chi connectivity index (χ1v) is 5.25. The van der Waals surface area contributed by atoms with Crippen molar-refractivity contribution >= 4 is 17.8 Å². The van der Waals surface area contributed by atoms with Crippen molar-refractivity contribution < 1.29 is 14.3 Å². The molecule has 0 aromatic heterocycles. The second-order valence-electron chi connectivity index (χ2n) is 3.34. The van der Waals surface area contributed by atoms with Gasteiger partial charge in [-0.05, 0) is 17.7 Å². The standard InChI is InChI=1S/C14H14O3/c1-2-13(15)11-14(16)17-10-6-9-12-7-4-3-5-8-12/h2-9H,1,10-11H2/b9-6+. The highest BCUT2D eigenvalue weighted by Gasteiger charge is 2.05. The molecule has 0 heterocycles. The third kappa shape index (κ3) is 5.47. The van der Waals surface area contributed by atoms with Crippen LogP contribution in [0.15, 0.2) is 49.1 Å². The Labute approximate surface area is 100 Å². The lowest BCUT2D eigenvalue weighted by Gasteiger charge is -1.99. The molecular formula is C14H14O3. The zero-order chi connectivity index (χ0) is 12.5. The van der Waals surface area contributed by atoms with Crippen LogP contribution >= 0.6 is 0 Å². The van der Waals surface area contributed by atoms with Crippen molar-refractivity contribution in [2.45, 2.75) is 6.42 Å². The van der Waals surface area contributed by atoms with E-state index in [2.05, 4.69) is 6.58 Å². The molecular weight excluding hydrogens is 216 g/mol. The van der Waals surface area contributed by atoms with Crippen LogP contribution in [0.2, 0.25) is 0 Å². The average molecular weight is 230 g/mol. The van der Waals surface area contributed by atoms with Crippen LogP contribution in [0, 0.1) is 0 Å². The van der Waals surface area contributed by atoms with E-state index < -0.39 is 5.97 Å². The molecule has 0 spiro atoms. The summed E-state index contributed by atoms with van der Waals surface area (Å²) in [5.41, 5.74) is 1.03. The molecule has 0 saturated carbocycles. The van der Waals surface area contributed by atoms with Crippen LogP contribution in [0.3, 0.4) is 0 Å². The number of hydrogen-bond donors (Lipinski definition) is 0. The lowest BCUT2D eigenvalue weighted by Crippen LogP contribution is -2.09. The second kappa shape index (κ2) is 7.17. The molecule has 0 N–H and O–H groups in total. The first kappa shape index (κ1) is 12.9. The zero-order valence-electron chi connectivity index (χ0n) is 9.46. The molecule has 0 radical (unpaired) electrons. The first-order chi connectivity index (χ1) is 8.22. The number of ketones is 1. The molecule has 0 saturated heterocycles. The number of hydrogen-bond acceptors (Lipinski definition) is 3. The minimum Gasteiger partial charge on any atom is -0.461 e. The maximum atomic E-state index is 11.1. The van der Waals surface area contributed by atoms with Gasteiger partial charge in [0.05, 0.1) is 0 Å². The lowest BCUT2D eigenvalue weighted by atomic mass is 10.2. The fourth-order valence-corrected chi connectivity index (χ4v) is 1.15. The van der Waals surface area contributed by atoms with Crippen LogP contribution in [0.25, 0.3) is 6.08 Å². The number of carbonyl (C=O) groups is 2. The smallest absolute Gasteiger partial charge is 0.313 e. The normalized spacial score (nSPS) is 10.1. The Morgan fingerprint density at radius 3 is 2.59 bits per heavy atom. The maximum absolute atomic E-state index is 11.1. The van der Waals surface area contributed by atoms with Crippen molar-refractivity contribution in [3.05, 3.63) is 54.6 Å². The molecule has 3 nitrogen and oxygen atoms in total. The molecule has 1 rings (SSSR count). The highest BCUT2D eigenvalue weighted by Crippen LogP contribution is 2.00. The molecule has 0 amide bonds. The summed E-state index contributed by atoms with van der Waals surface area (Å²) in [5, 5.41) is 0. The van der Waals surface area contributed by atoms with Crippen molar-refractivity contribution in [2.75, 3.05) is 6.61 Å². The minimum atomic E-state index is -0.535. The molecule has 17 heavy (non-hydrogen) atoms. The van der Waals surface area contributed by atoms with Crippen molar-refractivity contribution in [3.63, 3.8) is 0 Å². The Hall–Kier alpha value is -2.16. The van der Waals surface area contributed by atoms with E-state index in [-0.39, 0.29) is 18.8 Å². The topological polar surface area (TPSA) is 43.4 Å². The highest BCUT2D eigenvalue weighted by molar-refractivity contribution is 6.01. The maximum Gasteiger partial charge on any atom is 0.313 e. The Morgan fingerprint density at radius 2 is 1.94 bits per heavy atom. The van der Waals surface area contributed by atoms with Gasteiger partial charge in [-0.2, -0.15) is 0 Å². The third-order valence-corrected chi connectivity index (χ3v) is 2.00. The van der Waals surface area contributed by atoms with Crippen LogP contribution in [-0.2, 0) is 14.3 Å². The molecule has 0 aliphatic carbocycles. The second-order valence-corrected chi connectivity index (χ2v) is 3.34. The molecule has 3 heteroatoms. The summed E-state index contributed by atoms with van der Waals surface area (Å²) < 4.78 is 4.84. The van der Waals surface area contributed by atoms with E-state index in [4.69, 9.17) is 4.74 Å². The van der Waals surface area contributed by atoms with Crippen molar-refractivity contribution in [3.8, 4) is 0 Å². The summed E-state index contributed by atoms with van der Waals surface area (Å²) in [6.07, 6.45) is 4.44. The quantitative estimate of drug-likeness (QED) is 0.428. The Morgan fingerprint density at radius 1 is 1.24 bits per heavy atom. The zero-order valence-corrected chi connectivity index (χ0v) is 9.46. The number of allylic oxidation sites excluding steroid dienone is 1. The van der Waals surface area contributed by atoms with E-state index in [1.165, 1.54) is 0 Å². The van der Waals surface area contributed by atoms with Crippen molar-refractivity contribution in [1.82, 2.24) is 0 Å². The van der Waals surface area contributed by atoms with Gasteiger partial charge < -0.3 is 4.74 Å². The predicted octanol–water partition coefficient (Wildman–Crippen LogP) is 2.39. The van der Waals surface area contributed by atoms with Gasteiger partial charge in [-0.15, -0.1) is 0 Å². The van der Waals surface area contributed by atoms with E-state index in [9.17, 15) is 9.59 Å². The van der Waals surface area contributed by atoms with E-state index >= 15 is 0 Å². The van der Waals surface area contributed by atoms with Gasteiger partial charge in [0.15, 0.2) is 5.78 Å². The molecule has 0 bridgehead atoms. The number of rotatable bonds is 6. The molecule has 0 aliphatic rings. The van der Waals surface area contributed by atoms with Gasteiger partial charge in [-0.1, -0.05) is 43.0 Å². The Bertz CT molecular complexity index is 418. The predicted molar refractivity (Wildman–Crippen MR) is 66.3 cm³/mol. The SMILES string of the molecule is C=CC(=O)CC(=O)OC/C=C/c1ccccc1. The van der Waals surface area contributed by atoms with E-state index in [1.54, 1.807) is 6.08 Å². The van der Waals surface area contributed by atoms with Crippen LogP contribution in [0.1, 0.15) is 12.0 Å². The summed E-state index contributed by atoms with van der Waals surface area (Å²) in [7, 11) is 0. The lowest BCUT2D eigenvalue weighted by molar-refractivity contribution is -0.144. The molecule has 0 fully saturated rings. The average Bonchev–Trinajstić information content (AvgIpc) is 2.36. The Kier molecular flexibility index (Phi) is 5.44. The minimum absolute atomic E-state index is 0.165.